The van der Waals surface area contributed by atoms with Gasteiger partial charge in [-0.3, -0.25) is 4.57 Å². The summed E-state index contributed by atoms with van der Waals surface area (Å²) < 4.78 is 28.3. The molecular formula is C33H52FN3O3. The number of carbonyl (C=O) groups is 1. The zero-order valence-corrected chi connectivity index (χ0v) is 26.5. The fraction of sp³-hybridized carbons (Fsp3) is 0.515. The lowest BCUT2D eigenvalue weighted by Gasteiger charge is -2.21. The summed E-state index contributed by atoms with van der Waals surface area (Å²) >= 11 is 0. The summed E-state index contributed by atoms with van der Waals surface area (Å²) in [7, 11) is 0. The van der Waals surface area contributed by atoms with Gasteiger partial charge < -0.3 is 15.2 Å². The van der Waals surface area contributed by atoms with Gasteiger partial charge in [-0.05, 0) is 58.2 Å². The van der Waals surface area contributed by atoms with Gasteiger partial charge in [0, 0.05) is 12.1 Å². The number of benzene rings is 1. The van der Waals surface area contributed by atoms with E-state index in [1.54, 1.807) is 52.0 Å². The molecule has 2 aromatic rings. The highest BCUT2D eigenvalue weighted by molar-refractivity contribution is 6.02. The van der Waals surface area contributed by atoms with Crippen LogP contribution in [0.15, 0.2) is 48.6 Å². The highest BCUT2D eigenvalue weighted by Crippen LogP contribution is 2.27. The number of esters is 1. The van der Waals surface area contributed by atoms with Gasteiger partial charge in [0.1, 0.15) is 11.4 Å². The minimum atomic E-state index is -0.660. The van der Waals surface area contributed by atoms with Crippen LogP contribution in [0.25, 0.3) is 5.57 Å². The summed E-state index contributed by atoms with van der Waals surface area (Å²) in [4.78, 5) is 17.3. The average Bonchev–Trinajstić information content (AvgIpc) is 3.21. The smallest absolute Gasteiger partial charge is 0.339 e. The Morgan fingerprint density at radius 3 is 2.15 bits per heavy atom. The fourth-order valence-corrected chi connectivity index (χ4v) is 3.59. The van der Waals surface area contributed by atoms with Crippen molar-refractivity contribution in [3.63, 3.8) is 0 Å². The molecule has 0 aliphatic rings. The molecule has 0 amide bonds. The molecule has 2 N–H and O–H groups in total. The molecule has 0 unspecified atom stereocenters. The highest BCUT2D eigenvalue weighted by Gasteiger charge is 2.22. The van der Waals surface area contributed by atoms with Gasteiger partial charge in [0.15, 0.2) is 0 Å². The predicted molar refractivity (Wildman–Crippen MR) is 166 cm³/mol. The zero-order chi connectivity index (χ0) is 30.9. The van der Waals surface area contributed by atoms with E-state index in [0.717, 1.165) is 11.4 Å². The van der Waals surface area contributed by atoms with Gasteiger partial charge in [0.25, 0.3) is 6.01 Å². The van der Waals surface area contributed by atoms with Crippen LogP contribution in [-0.4, -0.2) is 27.7 Å². The molecule has 40 heavy (non-hydrogen) atoms. The minimum absolute atomic E-state index is 0.224. The molecule has 0 fully saturated rings. The molecule has 0 bridgehead atoms. The summed E-state index contributed by atoms with van der Waals surface area (Å²) in [6.07, 6.45) is 8.13. The van der Waals surface area contributed by atoms with E-state index in [-0.39, 0.29) is 13.1 Å². The Balaban J connectivity index is 0.00000232. The summed E-state index contributed by atoms with van der Waals surface area (Å²) in [5.74, 6) is -0.914. The molecule has 7 heteroatoms. The first-order valence-electron chi connectivity index (χ1n) is 14.4. The van der Waals surface area contributed by atoms with E-state index in [1.165, 1.54) is 25.0 Å². The largest absolute Gasteiger partial charge is 0.465 e. The van der Waals surface area contributed by atoms with Crippen LogP contribution in [0, 0.1) is 5.82 Å². The molecule has 0 aliphatic heterocycles. The Kier molecular flexibility index (Phi) is 17.5. The molecule has 6 nitrogen and oxygen atoms in total. The topological polar surface area (TPSA) is 79.4 Å². The van der Waals surface area contributed by atoms with E-state index < -0.39 is 17.4 Å². The van der Waals surface area contributed by atoms with E-state index in [2.05, 4.69) is 39.3 Å². The number of nitrogens with two attached hydrogens (primary N) is 1. The van der Waals surface area contributed by atoms with Crippen molar-refractivity contribution >= 4 is 11.5 Å². The van der Waals surface area contributed by atoms with Crippen LogP contribution in [0.2, 0.25) is 0 Å². The second-order valence-corrected chi connectivity index (χ2v) is 10.1. The SMILES string of the molecule is C=C/C(=C(\C=C/C)C(=O)OC(C)(C)C)c1ccc(Cn2c(OCC)nc(CC)c2CN)c(F)c1.CCC.CCC. The number of hydrogen-bond donors (Lipinski definition) is 1. The van der Waals surface area contributed by atoms with Crippen molar-refractivity contribution in [1.82, 2.24) is 9.55 Å². The molecule has 0 atom stereocenters. The van der Waals surface area contributed by atoms with E-state index in [4.69, 9.17) is 15.2 Å². The lowest BCUT2D eigenvalue weighted by Crippen LogP contribution is -2.25. The van der Waals surface area contributed by atoms with Crippen LogP contribution in [0.1, 0.15) is 105 Å². The van der Waals surface area contributed by atoms with Crippen LogP contribution in [0.5, 0.6) is 6.01 Å². The number of aromatic nitrogens is 2. The van der Waals surface area contributed by atoms with Crippen molar-refractivity contribution in [3.8, 4) is 6.01 Å². The van der Waals surface area contributed by atoms with Gasteiger partial charge in [0.05, 0.1) is 30.1 Å². The number of hydrogen-bond acceptors (Lipinski definition) is 5. The van der Waals surface area contributed by atoms with Crippen LogP contribution in [0.4, 0.5) is 4.39 Å². The molecule has 0 spiro atoms. The number of aryl methyl sites for hydroxylation is 1. The first kappa shape index (κ1) is 36.8. The molecule has 0 saturated carbocycles. The average molecular weight is 558 g/mol. The van der Waals surface area contributed by atoms with Crippen LogP contribution in [0.3, 0.4) is 0 Å². The number of halogens is 1. The third-order valence-electron chi connectivity index (χ3n) is 5.06. The zero-order valence-electron chi connectivity index (χ0n) is 26.5. The molecule has 0 saturated heterocycles. The van der Waals surface area contributed by atoms with Gasteiger partial charge >= 0.3 is 5.97 Å². The lowest BCUT2D eigenvalue weighted by atomic mass is 9.97. The Hall–Kier alpha value is -3.19. The first-order valence-corrected chi connectivity index (χ1v) is 14.4. The standard InChI is InChI=1S/C27H36FN3O3.2C3H8/c1-8-12-21(25(32)34-27(5,6)7)20(9-2)18-13-14-19(22(28)15-18)17-31-24(16-29)23(10-3)30-26(31)33-11-4;2*1-3-2/h8-9,12-15H,2,10-11,16-17,29H2,1,3-7H3;2*3H2,1-2H3/b12-8-,21-20-;;. The van der Waals surface area contributed by atoms with Crippen LogP contribution >= 0.6 is 0 Å². The van der Waals surface area contributed by atoms with Gasteiger partial charge in [-0.25, -0.2) is 9.18 Å². The maximum Gasteiger partial charge on any atom is 0.339 e. The van der Waals surface area contributed by atoms with Crippen molar-refractivity contribution in [2.24, 2.45) is 5.73 Å². The summed E-state index contributed by atoms with van der Waals surface area (Å²) in [6, 6.07) is 5.29. The molecule has 1 aromatic heterocycles. The van der Waals surface area contributed by atoms with Crippen molar-refractivity contribution in [3.05, 3.63) is 76.9 Å². The Morgan fingerprint density at radius 2 is 1.73 bits per heavy atom. The van der Waals surface area contributed by atoms with Gasteiger partial charge in [-0.2, -0.15) is 4.98 Å². The monoisotopic (exact) mass is 557 g/mol. The fourth-order valence-electron chi connectivity index (χ4n) is 3.59. The number of carbonyl (C=O) groups excluding carboxylic acids is 1. The molecule has 224 valence electrons. The van der Waals surface area contributed by atoms with Crippen LogP contribution < -0.4 is 10.5 Å². The quantitative estimate of drug-likeness (QED) is 0.181. The Morgan fingerprint density at radius 1 is 1.12 bits per heavy atom. The lowest BCUT2D eigenvalue weighted by molar-refractivity contribution is -0.149. The summed E-state index contributed by atoms with van der Waals surface area (Å²) in [5, 5.41) is 0. The van der Waals surface area contributed by atoms with E-state index >= 15 is 4.39 Å². The van der Waals surface area contributed by atoms with Crippen LogP contribution in [-0.2, 0) is 29.0 Å². The molecular weight excluding hydrogens is 505 g/mol. The van der Waals surface area contributed by atoms with Gasteiger partial charge in [0.2, 0.25) is 0 Å². The second kappa shape index (κ2) is 19.0. The predicted octanol–water partition coefficient (Wildman–Crippen LogP) is 8.18. The van der Waals surface area contributed by atoms with E-state index in [1.807, 2.05) is 18.4 Å². The second-order valence-electron chi connectivity index (χ2n) is 10.1. The van der Waals surface area contributed by atoms with Gasteiger partial charge in [-0.15, -0.1) is 0 Å². The van der Waals surface area contributed by atoms with Crippen molar-refractivity contribution in [1.29, 1.82) is 0 Å². The number of ether oxygens (including phenoxy) is 2. The minimum Gasteiger partial charge on any atom is -0.465 e. The number of imidazole rings is 1. The first-order chi connectivity index (χ1) is 18.9. The molecule has 0 aliphatic carbocycles. The molecule has 2 rings (SSSR count). The van der Waals surface area contributed by atoms with Crippen molar-refractivity contribution in [2.75, 3.05) is 6.61 Å². The van der Waals surface area contributed by atoms with E-state index in [9.17, 15) is 4.79 Å². The Labute approximate surface area is 242 Å². The Bertz CT molecular complexity index is 1120. The number of rotatable bonds is 10. The highest BCUT2D eigenvalue weighted by atomic mass is 19.1. The van der Waals surface area contributed by atoms with Crippen molar-refractivity contribution < 1.29 is 18.7 Å². The number of allylic oxidation sites excluding steroid dienone is 3. The summed E-state index contributed by atoms with van der Waals surface area (Å²) in [5.41, 5.74) is 8.75. The summed E-state index contributed by atoms with van der Waals surface area (Å²) in [6.45, 7) is 24.3. The normalized spacial score (nSPS) is 11.6. The number of nitrogens with zero attached hydrogens (tertiary/aromatic N) is 2. The van der Waals surface area contributed by atoms with Crippen molar-refractivity contribution in [2.45, 2.75) is 107 Å². The molecule has 1 aromatic carbocycles. The third-order valence-corrected chi connectivity index (χ3v) is 5.06. The molecule has 0 radical (unpaired) electrons. The third kappa shape index (κ3) is 11.5. The molecule has 1 heterocycles. The maximum atomic E-state index is 15.3. The van der Waals surface area contributed by atoms with E-state index in [0.29, 0.717) is 41.3 Å². The van der Waals surface area contributed by atoms with Gasteiger partial charge in [-0.1, -0.05) is 84.4 Å². The maximum absolute atomic E-state index is 15.3.